The molecule has 0 aliphatic rings. The maximum atomic E-state index is 11.7. The molecule has 1 aromatic rings. The van der Waals surface area contributed by atoms with Gasteiger partial charge in [0, 0.05) is 0 Å². The fourth-order valence-electron chi connectivity index (χ4n) is 1.54. The molecule has 1 rings (SSSR count). The fourth-order valence-corrected chi connectivity index (χ4v) is 1.54. The topological polar surface area (TPSA) is 78.1 Å². The minimum Gasteiger partial charge on any atom is -0.462 e. The number of carbonyl (C=O) groups is 1. The van der Waals surface area contributed by atoms with Gasteiger partial charge in [-0.05, 0) is 20.3 Å². The molecule has 0 aliphatic carbocycles. The van der Waals surface area contributed by atoms with E-state index in [1.54, 1.807) is 13.8 Å². The van der Waals surface area contributed by atoms with Crippen LogP contribution in [0.1, 0.15) is 42.0 Å². The molecular weight excluding hydrogens is 206 g/mol. The summed E-state index contributed by atoms with van der Waals surface area (Å²) in [5, 5.41) is 0. The smallest absolute Gasteiger partial charge is 0.341 e. The van der Waals surface area contributed by atoms with Crippen LogP contribution < -0.4 is 5.73 Å². The molecule has 5 nitrogen and oxygen atoms in total. The van der Waals surface area contributed by atoms with Gasteiger partial charge in [-0.3, -0.25) is 0 Å². The number of esters is 1. The number of aryl methyl sites for hydroxylation is 2. The molecule has 1 heterocycles. The van der Waals surface area contributed by atoms with Gasteiger partial charge < -0.3 is 10.5 Å². The second-order valence-corrected chi connectivity index (χ2v) is 3.46. The molecule has 0 atom stereocenters. The molecule has 0 aliphatic heterocycles. The van der Waals surface area contributed by atoms with Crippen molar-refractivity contribution in [3.05, 3.63) is 17.0 Å². The van der Waals surface area contributed by atoms with Crippen LogP contribution in [0.4, 0.5) is 5.95 Å². The Bertz CT molecular complexity index is 391. The van der Waals surface area contributed by atoms with Crippen LogP contribution in [0.15, 0.2) is 0 Å². The van der Waals surface area contributed by atoms with Gasteiger partial charge in [-0.15, -0.1) is 0 Å². The summed E-state index contributed by atoms with van der Waals surface area (Å²) in [4.78, 5) is 19.8. The van der Waals surface area contributed by atoms with Crippen LogP contribution in [-0.2, 0) is 11.2 Å². The minimum atomic E-state index is -0.372. The van der Waals surface area contributed by atoms with E-state index >= 15 is 0 Å². The minimum absolute atomic E-state index is 0.203. The van der Waals surface area contributed by atoms with E-state index in [4.69, 9.17) is 10.5 Å². The van der Waals surface area contributed by atoms with Crippen molar-refractivity contribution in [1.82, 2.24) is 9.97 Å². The zero-order valence-corrected chi connectivity index (χ0v) is 9.91. The second kappa shape index (κ2) is 5.44. The Morgan fingerprint density at radius 2 is 2.06 bits per heavy atom. The third-order valence-corrected chi connectivity index (χ3v) is 2.15. The van der Waals surface area contributed by atoms with E-state index in [1.165, 1.54) is 0 Å². The number of hydrogen-bond donors (Lipinski definition) is 1. The summed E-state index contributed by atoms with van der Waals surface area (Å²) in [5.41, 5.74) is 7.27. The van der Waals surface area contributed by atoms with Crippen LogP contribution in [-0.4, -0.2) is 22.5 Å². The van der Waals surface area contributed by atoms with E-state index < -0.39 is 0 Å². The normalized spacial score (nSPS) is 10.2. The highest BCUT2D eigenvalue weighted by molar-refractivity contribution is 5.91. The zero-order valence-electron chi connectivity index (χ0n) is 9.91. The standard InChI is InChI=1S/C11H17N3O2/c1-4-6-8-9(10(15)16-5-2)7(3)13-11(12)14-8/h4-6H2,1-3H3,(H2,12,13,14). The lowest BCUT2D eigenvalue weighted by molar-refractivity contribution is 0.0523. The van der Waals surface area contributed by atoms with Gasteiger partial charge in [0.1, 0.15) is 5.56 Å². The van der Waals surface area contributed by atoms with Crippen molar-refractivity contribution in [2.75, 3.05) is 12.3 Å². The van der Waals surface area contributed by atoms with Crippen LogP contribution in [0.2, 0.25) is 0 Å². The first kappa shape index (κ1) is 12.4. The predicted octanol–water partition coefficient (Wildman–Crippen LogP) is 1.50. The van der Waals surface area contributed by atoms with E-state index in [-0.39, 0.29) is 11.9 Å². The lowest BCUT2D eigenvalue weighted by Crippen LogP contribution is -2.15. The molecule has 16 heavy (non-hydrogen) atoms. The largest absolute Gasteiger partial charge is 0.462 e. The number of ether oxygens (including phenoxy) is 1. The summed E-state index contributed by atoms with van der Waals surface area (Å²) in [6, 6.07) is 0. The SMILES string of the molecule is CCCc1nc(N)nc(C)c1C(=O)OCC. The van der Waals surface area contributed by atoms with Crippen LogP contribution in [0.25, 0.3) is 0 Å². The number of carbonyl (C=O) groups excluding carboxylic acids is 1. The summed E-state index contributed by atoms with van der Waals surface area (Å²) in [7, 11) is 0. The Morgan fingerprint density at radius 1 is 1.38 bits per heavy atom. The van der Waals surface area contributed by atoms with Crippen molar-refractivity contribution in [3.63, 3.8) is 0 Å². The average Bonchev–Trinajstić information content (AvgIpc) is 2.17. The molecule has 0 fully saturated rings. The highest BCUT2D eigenvalue weighted by Gasteiger charge is 2.18. The molecule has 2 N–H and O–H groups in total. The van der Waals surface area contributed by atoms with Gasteiger partial charge in [-0.1, -0.05) is 13.3 Å². The molecule has 88 valence electrons. The zero-order chi connectivity index (χ0) is 12.1. The lowest BCUT2D eigenvalue weighted by atomic mass is 10.1. The van der Waals surface area contributed by atoms with Crippen molar-refractivity contribution in [2.45, 2.75) is 33.6 Å². The van der Waals surface area contributed by atoms with Gasteiger partial charge in [0.15, 0.2) is 0 Å². The number of hydrogen-bond acceptors (Lipinski definition) is 5. The van der Waals surface area contributed by atoms with Crippen LogP contribution >= 0.6 is 0 Å². The molecule has 0 amide bonds. The number of rotatable bonds is 4. The summed E-state index contributed by atoms with van der Waals surface area (Å²) >= 11 is 0. The third kappa shape index (κ3) is 2.68. The number of nitrogen functional groups attached to an aromatic ring is 1. The Labute approximate surface area is 95.0 Å². The van der Waals surface area contributed by atoms with Gasteiger partial charge in [-0.2, -0.15) is 0 Å². The maximum absolute atomic E-state index is 11.7. The number of nitrogens with two attached hydrogens (primary N) is 1. The summed E-state index contributed by atoms with van der Waals surface area (Å²) < 4.78 is 4.98. The van der Waals surface area contributed by atoms with E-state index in [2.05, 4.69) is 9.97 Å². The van der Waals surface area contributed by atoms with Crippen molar-refractivity contribution < 1.29 is 9.53 Å². The first-order chi connectivity index (χ1) is 7.60. The van der Waals surface area contributed by atoms with Crippen LogP contribution in [0.3, 0.4) is 0 Å². The van der Waals surface area contributed by atoms with Crippen LogP contribution in [0.5, 0.6) is 0 Å². The number of anilines is 1. The van der Waals surface area contributed by atoms with Gasteiger partial charge in [0.05, 0.1) is 18.0 Å². The first-order valence-corrected chi connectivity index (χ1v) is 5.40. The highest BCUT2D eigenvalue weighted by Crippen LogP contribution is 2.15. The quantitative estimate of drug-likeness (QED) is 0.782. The lowest BCUT2D eigenvalue weighted by Gasteiger charge is -2.10. The molecule has 1 aromatic heterocycles. The van der Waals surface area contributed by atoms with Gasteiger partial charge in [0.2, 0.25) is 5.95 Å². The number of nitrogens with zero attached hydrogens (tertiary/aromatic N) is 2. The third-order valence-electron chi connectivity index (χ3n) is 2.15. The molecule has 0 saturated heterocycles. The Kier molecular flexibility index (Phi) is 4.22. The van der Waals surface area contributed by atoms with E-state index in [0.29, 0.717) is 30.0 Å². The molecule has 0 radical (unpaired) electrons. The Balaban J connectivity index is 3.18. The monoisotopic (exact) mass is 223 g/mol. The fraction of sp³-hybridized carbons (Fsp3) is 0.545. The highest BCUT2D eigenvalue weighted by atomic mass is 16.5. The van der Waals surface area contributed by atoms with Crippen molar-refractivity contribution in [2.24, 2.45) is 0 Å². The summed E-state index contributed by atoms with van der Waals surface area (Å²) in [5.74, 6) is -0.169. The van der Waals surface area contributed by atoms with E-state index in [1.807, 2.05) is 6.92 Å². The average molecular weight is 223 g/mol. The molecule has 0 aromatic carbocycles. The molecular formula is C11H17N3O2. The van der Waals surface area contributed by atoms with Crippen LogP contribution in [0, 0.1) is 6.92 Å². The second-order valence-electron chi connectivity index (χ2n) is 3.46. The van der Waals surface area contributed by atoms with Crippen molar-refractivity contribution >= 4 is 11.9 Å². The van der Waals surface area contributed by atoms with Gasteiger partial charge in [-0.25, -0.2) is 14.8 Å². The van der Waals surface area contributed by atoms with Gasteiger partial charge >= 0.3 is 5.97 Å². The van der Waals surface area contributed by atoms with E-state index in [9.17, 15) is 4.79 Å². The van der Waals surface area contributed by atoms with Gasteiger partial charge in [0.25, 0.3) is 0 Å². The summed E-state index contributed by atoms with van der Waals surface area (Å²) in [6.45, 7) is 5.87. The molecule has 0 saturated carbocycles. The van der Waals surface area contributed by atoms with Crippen molar-refractivity contribution in [1.29, 1.82) is 0 Å². The number of aromatic nitrogens is 2. The Morgan fingerprint density at radius 3 is 2.62 bits per heavy atom. The molecule has 0 unspecified atom stereocenters. The maximum Gasteiger partial charge on any atom is 0.341 e. The summed E-state index contributed by atoms with van der Waals surface area (Å²) in [6.07, 6.45) is 1.59. The molecule has 0 bridgehead atoms. The molecule has 0 spiro atoms. The first-order valence-electron chi connectivity index (χ1n) is 5.40. The van der Waals surface area contributed by atoms with E-state index in [0.717, 1.165) is 6.42 Å². The predicted molar refractivity (Wildman–Crippen MR) is 61.1 cm³/mol. The Hall–Kier alpha value is -1.65. The van der Waals surface area contributed by atoms with Crippen molar-refractivity contribution in [3.8, 4) is 0 Å². The molecule has 5 heteroatoms.